The van der Waals surface area contributed by atoms with Crippen LogP contribution in [-0.2, 0) is 9.53 Å². The lowest BCUT2D eigenvalue weighted by molar-refractivity contribution is -0.129. The molecule has 158 valence electrons. The Labute approximate surface area is 190 Å². The van der Waals surface area contributed by atoms with Crippen molar-refractivity contribution in [3.8, 4) is 11.5 Å². The Morgan fingerprint density at radius 3 is 2.53 bits per heavy atom. The lowest BCUT2D eigenvalue weighted by atomic mass is 10.1. The fourth-order valence-corrected chi connectivity index (χ4v) is 3.28. The maximum atomic E-state index is 12.3. The number of carbonyl (C=O) groups excluding carboxylic acids is 1. The lowest BCUT2D eigenvalue weighted by Crippen LogP contribution is -2.05. The van der Waals surface area contributed by atoms with Gasteiger partial charge in [-0.3, -0.25) is 0 Å². The zero-order chi connectivity index (χ0) is 21.7. The van der Waals surface area contributed by atoms with Gasteiger partial charge in [-0.25, -0.2) is 9.79 Å². The molecule has 3 rings (SSSR count). The molecule has 1 aliphatic heterocycles. The molecule has 0 aromatic heterocycles. The Bertz CT molecular complexity index is 1020. The van der Waals surface area contributed by atoms with Gasteiger partial charge in [0.05, 0.1) is 28.3 Å². The van der Waals surface area contributed by atoms with Gasteiger partial charge >= 0.3 is 5.97 Å². The zero-order valence-corrected chi connectivity index (χ0v) is 18.8. The quantitative estimate of drug-likeness (QED) is 0.250. The third-order valence-electron chi connectivity index (χ3n) is 4.17. The molecule has 1 heterocycles. The molecule has 2 aromatic carbocycles. The molecule has 0 aliphatic carbocycles. The third-order valence-corrected chi connectivity index (χ3v) is 5.19. The Balaban J connectivity index is 1.92. The summed E-state index contributed by atoms with van der Waals surface area (Å²) in [7, 11) is 0. The monoisotopic (exact) mass is 467 g/mol. The molecule has 0 fully saturated rings. The highest BCUT2D eigenvalue weighted by Gasteiger charge is 2.25. The summed E-state index contributed by atoms with van der Waals surface area (Å²) in [6.07, 6.45) is 3.50. The summed E-state index contributed by atoms with van der Waals surface area (Å²) in [6, 6.07) is 8.33. The first-order chi connectivity index (χ1) is 14.4. The SMILES string of the molecule is CCCCOc1c(Cl)cc(/C=C2\N=C(c3ccc(Cl)c(Cl)c3)OC2=O)cc1OCC. The minimum atomic E-state index is -0.576. The highest BCUT2D eigenvalue weighted by Crippen LogP contribution is 2.38. The summed E-state index contributed by atoms with van der Waals surface area (Å²) in [5.74, 6) is 0.574. The van der Waals surface area contributed by atoms with Crippen molar-refractivity contribution in [3.05, 3.63) is 62.2 Å². The second-order valence-electron chi connectivity index (χ2n) is 6.43. The first-order valence-corrected chi connectivity index (χ1v) is 10.6. The van der Waals surface area contributed by atoms with Gasteiger partial charge in [-0.1, -0.05) is 48.1 Å². The lowest BCUT2D eigenvalue weighted by Gasteiger charge is -2.14. The number of rotatable bonds is 8. The number of ether oxygens (including phenoxy) is 3. The number of halogens is 3. The molecular formula is C22H20Cl3NO4. The second-order valence-corrected chi connectivity index (χ2v) is 7.65. The van der Waals surface area contributed by atoms with Crippen molar-refractivity contribution in [2.24, 2.45) is 4.99 Å². The van der Waals surface area contributed by atoms with E-state index >= 15 is 0 Å². The van der Waals surface area contributed by atoms with E-state index in [1.165, 1.54) is 0 Å². The molecule has 0 radical (unpaired) electrons. The first kappa shape index (κ1) is 22.5. The highest BCUT2D eigenvalue weighted by molar-refractivity contribution is 6.42. The van der Waals surface area contributed by atoms with E-state index in [0.717, 1.165) is 12.8 Å². The number of hydrogen-bond acceptors (Lipinski definition) is 5. The number of hydrogen-bond donors (Lipinski definition) is 0. The van der Waals surface area contributed by atoms with Crippen LogP contribution in [-0.4, -0.2) is 25.1 Å². The minimum Gasteiger partial charge on any atom is -0.490 e. The van der Waals surface area contributed by atoms with E-state index in [2.05, 4.69) is 11.9 Å². The molecule has 0 N–H and O–H groups in total. The molecule has 5 nitrogen and oxygen atoms in total. The molecule has 0 bridgehead atoms. The fraction of sp³-hybridized carbons (Fsp3) is 0.273. The van der Waals surface area contributed by atoms with E-state index in [-0.39, 0.29) is 11.6 Å². The number of carbonyl (C=O) groups is 1. The average molecular weight is 469 g/mol. The van der Waals surface area contributed by atoms with Crippen LogP contribution in [0.1, 0.15) is 37.8 Å². The largest absolute Gasteiger partial charge is 0.490 e. The van der Waals surface area contributed by atoms with Crippen LogP contribution in [0.4, 0.5) is 0 Å². The first-order valence-electron chi connectivity index (χ1n) is 9.50. The summed E-state index contributed by atoms with van der Waals surface area (Å²) in [5.41, 5.74) is 1.32. The van der Waals surface area contributed by atoms with Crippen molar-refractivity contribution >= 4 is 52.7 Å². The molecule has 2 aromatic rings. The van der Waals surface area contributed by atoms with E-state index < -0.39 is 5.97 Å². The van der Waals surface area contributed by atoms with Crippen LogP contribution >= 0.6 is 34.8 Å². The van der Waals surface area contributed by atoms with Crippen LogP contribution in [0.15, 0.2) is 41.0 Å². The normalized spacial score (nSPS) is 14.6. The van der Waals surface area contributed by atoms with Crippen molar-refractivity contribution in [2.75, 3.05) is 13.2 Å². The predicted octanol–water partition coefficient (Wildman–Crippen LogP) is 6.57. The molecule has 0 unspecified atom stereocenters. The highest BCUT2D eigenvalue weighted by atomic mass is 35.5. The average Bonchev–Trinajstić information content (AvgIpc) is 3.06. The summed E-state index contributed by atoms with van der Waals surface area (Å²) in [5, 5.41) is 1.14. The van der Waals surface area contributed by atoms with Crippen LogP contribution in [0, 0.1) is 0 Å². The zero-order valence-electron chi connectivity index (χ0n) is 16.5. The predicted molar refractivity (Wildman–Crippen MR) is 120 cm³/mol. The van der Waals surface area contributed by atoms with E-state index in [0.29, 0.717) is 50.9 Å². The van der Waals surface area contributed by atoms with E-state index in [1.54, 1.807) is 36.4 Å². The van der Waals surface area contributed by atoms with Crippen molar-refractivity contribution in [2.45, 2.75) is 26.7 Å². The van der Waals surface area contributed by atoms with Crippen molar-refractivity contribution in [1.82, 2.24) is 0 Å². The Morgan fingerprint density at radius 1 is 1.03 bits per heavy atom. The standard InChI is InChI=1S/C22H20Cl3NO4/c1-3-5-8-29-20-17(25)9-13(11-19(20)28-4-2)10-18-22(27)30-21(26-18)14-6-7-15(23)16(24)12-14/h6-7,9-12H,3-5,8H2,1-2H3/b18-10-. The van der Waals surface area contributed by atoms with E-state index in [4.69, 9.17) is 49.0 Å². The molecule has 1 aliphatic rings. The van der Waals surface area contributed by atoms with Crippen LogP contribution in [0.2, 0.25) is 15.1 Å². The van der Waals surface area contributed by atoms with E-state index in [9.17, 15) is 4.79 Å². The molecular weight excluding hydrogens is 449 g/mol. The number of cyclic esters (lactones) is 1. The summed E-state index contributed by atoms with van der Waals surface area (Å²) in [4.78, 5) is 16.6. The number of nitrogens with zero attached hydrogens (tertiary/aromatic N) is 1. The van der Waals surface area contributed by atoms with Gasteiger partial charge in [-0.05, 0) is 55.3 Å². The van der Waals surface area contributed by atoms with Crippen molar-refractivity contribution in [3.63, 3.8) is 0 Å². The van der Waals surface area contributed by atoms with Crippen LogP contribution < -0.4 is 9.47 Å². The second kappa shape index (κ2) is 10.2. The summed E-state index contributed by atoms with van der Waals surface area (Å²) < 4.78 is 16.7. The molecule has 0 spiro atoms. The topological polar surface area (TPSA) is 57.1 Å². The van der Waals surface area contributed by atoms with Gasteiger partial charge in [0.1, 0.15) is 0 Å². The maximum Gasteiger partial charge on any atom is 0.363 e. The summed E-state index contributed by atoms with van der Waals surface area (Å²) >= 11 is 18.4. The molecule has 0 saturated heterocycles. The van der Waals surface area contributed by atoms with Crippen molar-refractivity contribution in [1.29, 1.82) is 0 Å². The smallest absolute Gasteiger partial charge is 0.363 e. The van der Waals surface area contributed by atoms with Gasteiger partial charge < -0.3 is 14.2 Å². The molecule has 0 atom stereocenters. The molecule has 0 amide bonds. The molecule has 8 heteroatoms. The van der Waals surface area contributed by atoms with Crippen molar-refractivity contribution < 1.29 is 19.0 Å². The van der Waals surface area contributed by atoms with Crippen LogP contribution in [0.5, 0.6) is 11.5 Å². The maximum absolute atomic E-state index is 12.3. The minimum absolute atomic E-state index is 0.134. The van der Waals surface area contributed by atoms with Gasteiger partial charge in [-0.2, -0.15) is 0 Å². The fourth-order valence-electron chi connectivity index (χ4n) is 2.71. The van der Waals surface area contributed by atoms with Gasteiger partial charge in [0, 0.05) is 5.56 Å². The molecule has 0 saturated carbocycles. The number of unbranched alkanes of at least 4 members (excludes halogenated alkanes) is 1. The Kier molecular flexibility index (Phi) is 7.64. The van der Waals surface area contributed by atoms with Gasteiger partial charge in [0.25, 0.3) is 0 Å². The van der Waals surface area contributed by atoms with E-state index in [1.807, 2.05) is 6.92 Å². The van der Waals surface area contributed by atoms with Gasteiger partial charge in [0.2, 0.25) is 5.90 Å². The number of benzene rings is 2. The Hall–Kier alpha value is -2.21. The number of esters is 1. The van der Waals surface area contributed by atoms with Gasteiger partial charge in [-0.15, -0.1) is 0 Å². The molecule has 30 heavy (non-hydrogen) atoms. The Morgan fingerprint density at radius 2 is 1.83 bits per heavy atom. The summed E-state index contributed by atoms with van der Waals surface area (Å²) in [6.45, 7) is 4.94. The van der Waals surface area contributed by atoms with Gasteiger partial charge in [0.15, 0.2) is 17.2 Å². The van der Waals surface area contributed by atoms with Crippen LogP contribution in [0.3, 0.4) is 0 Å². The number of aliphatic imine (C=N–C) groups is 1. The third kappa shape index (κ3) is 5.28. The van der Waals surface area contributed by atoms with Crippen LogP contribution in [0.25, 0.3) is 6.08 Å².